The Morgan fingerprint density at radius 3 is 1.62 bits per heavy atom. The van der Waals surface area contributed by atoms with Gasteiger partial charge in [-0.3, -0.25) is 0 Å². The van der Waals surface area contributed by atoms with Gasteiger partial charge < -0.3 is 10.2 Å². The van der Waals surface area contributed by atoms with Gasteiger partial charge in [-0.15, -0.1) is 0 Å². The maximum atomic E-state index is 8.52. The van der Waals surface area contributed by atoms with Crippen molar-refractivity contribution in [3.8, 4) is 0 Å². The molecule has 8 heavy (non-hydrogen) atoms. The van der Waals surface area contributed by atoms with Gasteiger partial charge in [0, 0.05) is 13.2 Å². The van der Waals surface area contributed by atoms with Crippen LogP contribution in [-0.2, 0) is 0 Å². The van der Waals surface area contributed by atoms with E-state index in [1.807, 2.05) is 0 Å². The molecule has 48 valence electrons. The molecule has 2 N–H and O–H groups in total. The van der Waals surface area contributed by atoms with Gasteiger partial charge in [0.25, 0.3) is 0 Å². The molecule has 0 unspecified atom stereocenters. The normalized spacial score (nSPS) is 36.8. The highest BCUT2D eigenvalue weighted by Crippen LogP contribution is 2.32. The Kier molecular flexibility index (Phi) is 1.86. The zero-order chi connectivity index (χ0) is 5.98. The molecule has 1 aliphatic rings. The van der Waals surface area contributed by atoms with Gasteiger partial charge >= 0.3 is 0 Å². The second-order valence-electron chi connectivity index (χ2n) is 2.57. The minimum absolute atomic E-state index is 0.302. The van der Waals surface area contributed by atoms with Crippen LogP contribution in [0.25, 0.3) is 0 Å². The van der Waals surface area contributed by atoms with E-state index in [4.69, 9.17) is 10.2 Å². The topological polar surface area (TPSA) is 40.5 Å². The third-order valence-electron chi connectivity index (χ3n) is 1.85. The molecular weight excluding hydrogens is 104 g/mol. The van der Waals surface area contributed by atoms with Gasteiger partial charge in [0.05, 0.1) is 0 Å². The van der Waals surface area contributed by atoms with E-state index in [2.05, 4.69) is 0 Å². The Bertz CT molecular complexity index is 58.9. The molecular formula is C6H12O2. The minimum atomic E-state index is 0.302. The molecule has 0 aliphatic heterocycles. The average Bonchev–Trinajstić information content (AvgIpc) is 1.65. The van der Waals surface area contributed by atoms with Gasteiger partial charge in [0.2, 0.25) is 0 Å². The van der Waals surface area contributed by atoms with Crippen LogP contribution >= 0.6 is 0 Å². The smallest absolute Gasteiger partial charge is 0.0459 e. The van der Waals surface area contributed by atoms with E-state index in [-0.39, 0.29) is 0 Å². The molecule has 1 rings (SSSR count). The molecule has 0 atom stereocenters. The maximum Gasteiger partial charge on any atom is 0.0459 e. The zero-order valence-corrected chi connectivity index (χ0v) is 4.88. The average molecular weight is 116 g/mol. The van der Waals surface area contributed by atoms with Gasteiger partial charge in [-0.05, 0) is 24.7 Å². The molecule has 0 bridgehead atoms. The Morgan fingerprint density at radius 2 is 1.38 bits per heavy atom. The van der Waals surface area contributed by atoms with Crippen LogP contribution in [0.4, 0.5) is 0 Å². The standard InChI is InChI=1S/C6H12O2/c7-3-5-1-6(2-5)4-8/h5-8H,1-4H2. The highest BCUT2D eigenvalue weighted by molar-refractivity contribution is 4.77. The van der Waals surface area contributed by atoms with E-state index in [0.29, 0.717) is 25.0 Å². The van der Waals surface area contributed by atoms with E-state index in [0.717, 1.165) is 12.8 Å². The summed E-state index contributed by atoms with van der Waals surface area (Å²) < 4.78 is 0. The predicted molar refractivity (Wildman–Crippen MR) is 30.4 cm³/mol. The molecule has 0 saturated heterocycles. The first-order chi connectivity index (χ1) is 3.86. The molecule has 0 aromatic carbocycles. The molecule has 1 fully saturated rings. The fraction of sp³-hybridized carbons (Fsp3) is 1.00. The summed E-state index contributed by atoms with van der Waals surface area (Å²) in [6.07, 6.45) is 2.04. The lowest BCUT2D eigenvalue weighted by molar-refractivity contribution is 0.0653. The summed E-state index contributed by atoms with van der Waals surface area (Å²) in [6.45, 7) is 0.604. The van der Waals surface area contributed by atoms with Crippen molar-refractivity contribution in [2.75, 3.05) is 13.2 Å². The van der Waals surface area contributed by atoms with Crippen LogP contribution in [0, 0.1) is 11.8 Å². The van der Waals surface area contributed by atoms with Gasteiger partial charge in [0.15, 0.2) is 0 Å². The highest BCUT2D eigenvalue weighted by Gasteiger charge is 2.26. The van der Waals surface area contributed by atoms with Crippen LogP contribution in [0.15, 0.2) is 0 Å². The van der Waals surface area contributed by atoms with E-state index in [1.165, 1.54) is 0 Å². The van der Waals surface area contributed by atoms with E-state index >= 15 is 0 Å². The molecule has 0 heterocycles. The van der Waals surface area contributed by atoms with Crippen LogP contribution in [0.1, 0.15) is 12.8 Å². The third kappa shape index (κ3) is 1.01. The molecule has 2 heteroatoms. The van der Waals surface area contributed by atoms with Crippen LogP contribution in [-0.4, -0.2) is 23.4 Å². The largest absolute Gasteiger partial charge is 0.396 e. The van der Waals surface area contributed by atoms with Crippen molar-refractivity contribution < 1.29 is 10.2 Å². The zero-order valence-electron chi connectivity index (χ0n) is 4.88. The molecule has 0 aromatic rings. The fourth-order valence-electron chi connectivity index (χ4n) is 1.17. The van der Waals surface area contributed by atoms with E-state index in [9.17, 15) is 0 Å². The van der Waals surface area contributed by atoms with Gasteiger partial charge in [-0.1, -0.05) is 0 Å². The SMILES string of the molecule is OCC1CC(CO)C1. The van der Waals surface area contributed by atoms with Crippen molar-refractivity contribution in [3.05, 3.63) is 0 Å². The lowest BCUT2D eigenvalue weighted by atomic mass is 9.76. The third-order valence-corrected chi connectivity index (χ3v) is 1.85. The van der Waals surface area contributed by atoms with Crippen molar-refractivity contribution in [3.63, 3.8) is 0 Å². The van der Waals surface area contributed by atoms with Crippen molar-refractivity contribution in [2.45, 2.75) is 12.8 Å². The number of rotatable bonds is 2. The van der Waals surface area contributed by atoms with Crippen LogP contribution in [0.2, 0.25) is 0 Å². The van der Waals surface area contributed by atoms with E-state index < -0.39 is 0 Å². The molecule has 0 spiro atoms. The fourth-order valence-corrected chi connectivity index (χ4v) is 1.17. The second-order valence-corrected chi connectivity index (χ2v) is 2.57. The molecule has 1 saturated carbocycles. The summed E-state index contributed by atoms with van der Waals surface area (Å²) in [7, 11) is 0. The molecule has 2 nitrogen and oxygen atoms in total. The number of hydrogen-bond acceptors (Lipinski definition) is 2. The monoisotopic (exact) mass is 116 g/mol. The Labute approximate surface area is 49.1 Å². The molecule has 1 aliphatic carbocycles. The lowest BCUT2D eigenvalue weighted by Gasteiger charge is -2.32. The number of aliphatic hydroxyl groups excluding tert-OH is 2. The molecule has 0 radical (unpaired) electrons. The van der Waals surface area contributed by atoms with Gasteiger partial charge in [0.1, 0.15) is 0 Å². The Hall–Kier alpha value is -0.0800. The first kappa shape index (κ1) is 6.05. The van der Waals surface area contributed by atoms with Crippen molar-refractivity contribution >= 4 is 0 Å². The van der Waals surface area contributed by atoms with Gasteiger partial charge in [-0.2, -0.15) is 0 Å². The summed E-state index contributed by atoms with van der Waals surface area (Å²) in [4.78, 5) is 0. The summed E-state index contributed by atoms with van der Waals surface area (Å²) in [5.41, 5.74) is 0. The van der Waals surface area contributed by atoms with Crippen molar-refractivity contribution in [1.82, 2.24) is 0 Å². The summed E-state index contributed by atoms with van der Waals surface area (Å²) in [5.74, 6) is 0.985. The highest BCUT2D eigenvalue weighted by atomic mass is 16.3. The Morgan fingerprint density at radius 1 is 1.00 bits per heavy atom. The summed E-state index contributed by atoms with van der Waals surface area (Å²) in [6, 6.07) is 0. The predicted octanol–water partition coefficient (Wildman–Crippen LogP) is -0.00280. The summed E-state index contributed by atoms with van der Waals surface area (Å²) >= 11 is 0. The maximum absolute atomic E-state index is 8.52. The summed E-state index contributed by atoms with van der Waals surface area (Å²) in [5, 5.41) is 17.0. The second kappa shape index (κ2) is 2.46. The first-order valence-electron chi connectivity index (χ1n) is 3.08. The van der Waals surface area contributed by atoms with E-state index in [1.54, 1.807) is 0 Å². The Balaban J connectivity index is 2.03. The number of aliphatic hydroxyl groups is 2. The minimum Gasteiger partial charge on any atom is -0.396 e. The lowest BCUT2D eigenvalue weighted by Crippen LogP contribution is -2.28. The molecule has 0 amide bonds. The first-order valence-corrected chi connectivity index (χ1v) is 3.08. The van der Waals surface area contributed by atoms with Crippen molar-refractivity contribution in [2.24, 2.45) is 11.8 Å². The van der Waals surface area contributed by atoms with Crippen molar-refractivity contribution in [1.29, 1.82) is 0 Å². The quantitative estimate of drug-likeness (QED) is 0.533. The van der Waals surface area contributed by atoms with Gasteiger partial charge in [-0.25, -0.2) is 0 Å². The van der Waals surface area contributed by atoms with Crippen LogP contribution in [0.5, 0.6) is 0 Å². The van der Waals surface area contributed by atoms with Crippen LogP contribution < -0.4 is 0 Å². The molecule has 0 aromatic heterocycles. The number of hydrogen-bond donors (Lipinski definition) is 2. The van der Waals surface area contributed by atoms with Crippen LogP contribution in [0.3, 0.4) is 0 Å².